The second-order valence-electron chi connectivity index (χ2n) is 7.79. The van der Waals surface area contributed by atoms with E-state index in [0.717, 1.165) is 11.1 Å². The van der Waals surface area contributed by atoms with E-state index in [0.29, 0.717) is 36.3 Å². The average Bonchev–Trinajstić information content (AvgIpc) is 2.73. The van der Waals surface area contributed by atoms with Crippen LogP contribution in [-0.4, -0.2) is 43.5 Å². The van der Waals surface area contributed by atoms with Crippen molar-refractivity contribution in [3.05, 3.63) is 59.7 Å². The summed E-state index contributed by atoms with van der Waals surface area (Å²) in [6.07, 6.45) is 3.14. The predicted octanol–water partition coefficient (Wildman–Crippen LogP) is 4.54. The summed E-state index contributed by atoms with van der Waals surface area (Å²) in [4.78, 5) is 26.0. The molecule has 0 atom stereocenters. The van der Waals surface area contributed by atoms with Crippen LogP contribution < -0.4 is 14.8 Å². The van der Waals surface area contributed by atoms with Crippen LogP contribution in [0.4, 0.5) is 5.69 Å². The van der Waals surface area contributed by atoms with Gasteiger partial charge in [-0.15, -0.1) is 0 Å². The lowest BCUT2D eigenvalue weighted by molar-refractivity contribution is -0.129. The van der Waals surface area contributed by atoms with Crippen molar-refractivity contribution in [2.24, 2.45) is 5.92 Å². The molecule has 2 aromatic carbocycles. The van der Waals surface area contributed by atoms with E-state index in [4.69, 9.17) is 9.47 Å². The topological polar surface area (TPSA) is 67.9 Å². The van der Waals surface area contributed by atoms with Gasteiger partial charge in [-0.05, 0) is 55.7 Å². The number of aryl methyl sites for hydroxylation is 1. The Bertz CT molecular complexity index is 904. The van der Waals surface area contributed by atoms with E-state index < -0.39 is 0 Å². The molecule has 166 valence electrons. The fourth-order valence-electron chi connectivity index (χ4n) is 2.70. The summed E-state index contributed by atoms with van der Waals surface area (Å²) in [6, 6.07) is 13.1. The molecule has 6 nitrogen and oxygen atoms in total. The highest BCUT2D eigenvalue weighted by Gasteiger charge is 2.11. The standard InChI is InChI=1S/C25H32N2O4/c1-6-30-23-15-20(9-13-22(23)31-17-18(2)3)10-14-25(29)27(5)16-24(28)26-21-11-7-19(4)8-12-21/h7-15,18H,6,16-17H2,1-5H3,(H,26,28). The van der Waals surface area contributed by atoms with Crippen molar-refractivity contribution >= 4 is 23.6 Å². The quantitative estimate of drug-likeness (QED) is 0.569. The van der Waals surface area contributed by atoms with Crippen molar-refractivity contribution in [3.8, 4) is 11.5 Å². The molecule has 0 aromatic heterocycles. The Hall–Kier alpha value is -3.28. The second kappa shape index (κ2) is 11.8. The second-order valence-corrected chi connectivity index (χ2v) is 7.79. The van der Waals surface area contributed by atoms with Gasteiger partial charge in [0.25, 0.3) is 0 Å². The first-order valence-corrected chi connectivity index (χ1v) is 10.5. The van der Waals surface area contributed by atoms with Crippen LogP contribution in [0.2, 0.25) is 0 Å². The van der Waals surface area contributed by atoms with Gasteiger partial charge in [-0.1, -0.05) is 37.6 Å². The molecular weight excluding hydrogens is 392 g/mol. The highest BCUT2D eigenvalue weighted by Crippen LogP contribution is 2.29. The van der Waals surface area contributed by atoms with E-state index in [1.165, 1.54) is 11.0 Å². The van der Waals surface area contributed by atoms with Crippen molar-refractivity contribution in [1.82, 2.24) is 4.90 Å². The fraction of sp³-hybridized carbons (Fsp3) is 0.360. The summed E-state index contributed by atoms with van der Waals surface area (Å²) >= 11 is 0. The van der Waals surface area contributed by atoms with Crippen LogP contribution in [0.15, 0.2) is 48.5 Å². The molecule has 0 saturated carbocycles. The number of carbonyl (C=O) groups is 2. The number of likely N-dealkylation sites (N-methyl/N-ethyl adjacent to an activating group) is 1. The van der Waals surface area contributed by atoms with Gasteiger partial charge in [-0.2, -0.15) is 0 Å². The number of nitrogens with one attached hydrogen (secondary N) is 1. The zero-order chi connectivity index (χ0) is 22.8. The first-order valence-electron chi connectivity index (χ1n) is 10.5. The molecule has 2 rings (SSSR count). The normalized spacial score (nSPS) is 10.9. The summed E-state index contributed by atoms with van der Waals surface area (Å²) in [5, 5.41) is 2.79. The highest BCUT2D eigenvalue weighted by molar-refractivity contribution is 5.97. The number of benzene rings is 2. The minimum atomic E-state index is -0.267. The van der Waals surface area contributed by atoms with Gasteiger partial charge in [0.2, 0.25) is 11.8 Å². The van der Waals surface area contributed by atoms with Crippen molar-refractivity contribution in [2.45, 2.75) is 27.7 Å². The maximum atomic E-state index is 12.4. The summed E-state index contributed by atoms with van der Waals surface area (Å²) < 4.78 is 11.5. The Balaban J connectivity index is 1.96. The number of hydrogen-bond acceptors (Lipinski definition) is 4. The van der Waals surface area contributed by atoms with Gasteiger partial charge in [0.05, 0.1) is 19.8 Å². The number of carbonyl (C=O) groups excluding carboxylic acids is 2. The SMILES string of the molecule is CCOc1cc(C=CC(=O)N(C)CC(=O)Nc2ccc(C)cc2)ccc1OCC(C)C. The van der Waals surface area contributed by atoms with E-state index in [2.05, 4.69) is 19.2 Å². The monoisotopic (exact) mass is 424 g/mol. The number of amides is 2. The molecule has 1 N–H and O–H groups in total. The minimum Gasteiger partial charge on any atom is -0.490 e. The van der Waals surface area contributed by atoms with Crippen LogP contribution >= 0.6 is 0 Å². The molecule has 0 saturated heterocycles. The zero-order valence-electron chi connectivity index (χ0n) is 19.0. The Labute approximate surface area is 184 Å². The van der Waals surface area contributed by atoms with Crippen molar-refractivity contribution in [2.75, 3.05) is 32.1 Å². The Morgan fingerprint density at radius 2 is 1.77 bits per heavy atom. The van der Waals surface area contributed by atoms with Gasteiger partial charge in [0, 0.05) is 18.8 Å². The van der Waals surface area contributed by atoms with Crippen LogP contribution in [0.5, 0.6) is 11.5 Å². The van der Waals surface area contributed by atoms with Crippen molar-refractivity contribution in [3.63, 3.8) is 0 Å². The summed E-state index contributed by atoms with van der Waals surface area (Å²) in [6.45, 7) is 9.14. The molecule has 6 heteroatoms. The van der Waals surface area contributed by atoms with Crippen LogP contribution in [-0.2, 0) is 9.59 Å². The molecule has 0 fully saturated rings. The Morgan fingerprint density at radius 1 is 1.06 bits per heavy atom. The van der Waals surface area contributed by atoms with Gasteiger partial charge in [0.1, 0.15) is 0 Å². The molecule has 0 aliphatic carbocycles. The van der Waals surface area contributed by atoms with Crippen LogP contribution in [0, 0.1) is 12.8 Å². The molecule has 0 aliphatic heterocycles. The molecule has 31 heavy (non-hydrogen) atoms. The van der Waals surface area contributed by atoms with E-state index in [-0.39, 0.29) is 18.4 Å². The lowest BCUT2D eigenvalue weighted by Crippen LogP contribution is -2.33. The van der Waals surface area contributed by atoms with Crippen LogP contribution in [0.1, 0.15) is 31.9 Å². The molecule has 2 amide bonds. The fourth-order valence-corrected chi connectivity index (χ4v) is 2.70. The van der Waals surface area contributed by atoms with Gasteiger partial charge >= 0.3 is 0 Å². The first kappa shape index (κ1) is 24.0. The molecule has 0 heterocycles. The Morgan fingerprint density at radius 3 is 2.42 bits per heavy atom. The number of rotatable bonds is 10. The zero-order valence-corrected chi connectivity index (χ0v) is 19.0. The summed E-state index contributed by atoms with van der Waals surface area (Å²) in [5.41, 5.74) is 2.63. The van der Waals surface area contributed by atoms with E-state index in [1.54, 1.807) is 13.1 Å². The minimum absolute atomic E-state index is 0.0385. The maximum Gasteiger partial charge on any atom is 0.246 e. The number of nitrogens with zero attached hydrogens (tertiary/aromatic N) is 1. The summed E-state index contributed by atoms with van der Waals surface area (Å²) in [5.74, 6) is 1.22. The van der Waals surface area contributed by atoms with Gasteiger partial charge in [-0.25, -0.2) is 0 Å². The number of anilines is 1. The summed E-state index contributed by atoms with van der Waals surface area (Å²) in [7, 11) is 1.59. The average molecular weight is 425 g/mol. The molecule has 0 radical (unpaired) electrons. The van der Waals surface area contributed by atoms with Crippen LogP contribution in [0.25, 0.3) is 6.08 Å². The number of ether oxygens (including phenoxy) is 2. The molecule has 0 unspecified atom stereocenters. The molecule has 0 spiro atoms. The maximum absolute atomic E-state index is 12.4. The van der Waals surface area contributed by atoms with E-state index >= 15 is 0 Å². The van der Waals surface area contributed by atoms with Crippen molar-refractivity contribution in [1.29, 1.82) is 0 Å². The van der Waals surface area contributed by atoms with Gasteiger partial charge < -0.3 is 19.7 Å². The van der Waals surface area contributed by atoms with E-state index in [1.807, 2.05) is 56.3 Å². The smallest absolute Gasteiger partial charge is 0.246 e. The molecule has 0 bridgehead atoms. The lowest BCUT2D eigenvalue weighted by atomic mass is 10.1. The van der Waals surface area contributed by atoms with Crippen molar-refractivity contribution < 1.29 is 19.1 Å². The van der Waals surface area contributed by atoms with Gasteiger partial charge in [-0.3, -0.25) is 9.59 Å². The predicted molar refractivity (Wildman–Crippen MR) is 124 cm³/mol. The molecule has 2 aromatic rings. The molecular formula is C25H32N2O4. The molecule has 0 aliphatic rings. The highest BCUT2D eigenvalue weighted by atomic mass is 16.5. The third kappa shape index (κ3) is 8.16. The Kier molecular flexibility index (Phi) is 9.13. The van der Waals surface area contributed by atoms with Crippen LogP contribution in [0.3, 0.4) is 0 Å². The van der Waals surface area contributed by atoms with E-state index in [9.17, 15) is 9.59 Å². The number of hydrogen-bond donors (Lipinski definition) is 1. The third-order valence-corrected chi connectivity index (χ3v) is 4.35. The first-order chi connectivity index (χ1) is 14.8. The third-order valence-electron chi connectivity index (χ3n) is 4.35. The lowest BCUT2D eigenvalue weighted by Gasteiger charge is -2.15. The largest absolute Gasteiger partial charge is 0.490 e. The van der Waals surface area contributed by atoms with Gasteiger partial charge in [0.15, 0.2) is 11.5 Å².